The number of piperidine rings is 1. The molecule has 1 saturated carbocycles. The minimum atomic E-state index is -3.20. The van der Waals surface area contributed by atoms with Crippen LogP contribution in [0.4, 0.5) is 0 Å². The summed E-state index contributed by atoms with van der Waals surface area (Å²) in [7, 11) is -0.00940. The zero-order valence-corrected chi connectivity index (χ0v) is 11.5. The van der Waals surface area contributed by atoms with Gasteiger partial charge in [-0.1, -0.05) is 0 Å². The molecule has 0 spiro atoms. The Morgan fingerprint density at radius 3 is 2.24 bits per heavy atom. The minimum Gasteiger partial charge on any atom is -0.314 e. The average molecular weight is 261 g/mol. The highest BCUT2D eigenvalue weighted by Crippen LogP contribution is 2.23. The normalized spacial score (nSPS) is 24.4. The van der Waals surface area contributed by atoms with Crippen LogP contribution >= 0.6 is 0 Å². The fraction of sp³-hybridized carbons (Fsp3) is 1.00. The van der Waals surface area contributed by atoms with Crippen molar-refractivity contribution in [1.82, 2.24) is 13.9 Å². The molecule has 17 heavy (non-hydrogen) atoms. The zero-order chi connectivity index (χ0) is 12.5. The van der Waals surface area contributed by atoms with Crippen molar-refractivity contribution < 1.29 is 8.42 Å². The molecule has 0 aromatic carbocycles. The molecule has 2 aliphatic rings. The van der Waals surface area contributed by atoms with Crippen molar-refractivity contribution in [2.45, 2.75) is 31.7 Å². The molecule has 1 aliphatic carbocycles. The summed E-state index contributed by atoms with van der Waals surface area (Å²) in [6.07, 6.45) is 4.58. The molecule has 1 heterocycles. The summed E-state index contributed by atoms with van der Waals surface area (Å²) in [6.45, 7) is 2.38. The molecule has 0 radical (unpaired) electrons. The second-order valence-electron chi connectivity index (χ2n) is 5.32. The number of nitrogens with zero attached hydrogens (tertiary/aromatic N) is 2. The number of rotatable bonds is 5. The van der Waals surface area contributed by atoms with E-state index in [0.717, 1.165) is 25.4 Å². The van der Waals surface area contributed by atoms with Gasteiger partial charge in [0.1, 0.15) is 0 Å². The molecule has 100 valence electrons. The van der Waals surface area contributed by atoms with E-state index in [1.807, 2.05) is 0 Å². The fourth-order valence-corrected chi connectivity index (χ4v) is 3.33. The third kappa shape index (κ3) is 3.40. The molecule has 1 saturated heterocycles. The Bertz CT molecular complexity index is 344. The Balaban J connectivity index is 1.76. The summed E-state index contributed by atoms with van der Waals surface area (Å²) < 4.78 is 26.7. The Morgan fingerprint density at radius 1 is 1.18 bits per heavy atom. The maximum atomic E-state index is 11.9. The number of hydrogen-bond acceptors (Lipinski definition) is 3. The molecular formula is C11H23N3O2S. The maximum absolute atomic E-state index is 11.9. The Labute approximate surface area is 104 Å². The molecule has 0 amide bonds. The molecule has 0 bridgehead atoms. The summed E-state index contributed by atoms with van der Waals surface area (Å²) in [5.41, 5.74) is 0. The summed E-state index contributed by atoms with van der Waals surface area (Å²) in [4.78, 5) is 0. The molecule has 1 aliphatic heterocycles. The van der Waals surface area contributed by atoms with Gasteiger partial charge in [0.25, 0.3) is 10.2 Å². The molecule has 2 rings (SSSR count). The van der Waals surface area contributed by atoms with Crippen LogP contribution in [0.25, 0.3) is 0 Å². The Kier molecular flexibility index (Phi) is 4.07. The van der Waals surface area contributed by atoms with Crippen molar-refractivity contribution in [3.8, 4) is 0 Å². The maximum Gasteiger partial charge on any atom is 0.281 e. The highest BCUT2D eigenvalue weighted by molar-refractivity contribution is 7.86. The average Bonchev–Trinajstić information content (AvgIpc) is 3.10. The first-order valence-electron chi connectivity index (χ1n) is 6.41. The first-order chi connectivity index (χ1) is 8.00. The van der Waals surface area contributed by atoms with Gasteiger partial charge in [-0.15, -0.1) is 0 Å². The highest BCUT2D eigenvalue weighted by Gasteiger charge is 2.30. The van der Waals surface area contributed by atoms with Crippen LogP contribution in [0.3, 0.4) is 0 Å². The topological polar surface area (TPSA) is 52.7 Å². The largest absolute Gasteiger partial charge is 0.314 e. The third-order valence-electron chi connectivity index (χ3n) is 3.63. The lowest BCUT2D eigenvalue weighted by molar-refractivity contribution is 0.257. The van der Waals surface area contributed by atoms with E-state index < -0.39 is 10.2 Å². The Morgan fingerprint density at radius 2 is 1.76 bits per heavy atom. The predicted molar refractivity (Wildman–Crippen MR) is 67.9 cm³/mol. The summed E-state index contributed by atoms with van der Waals surface area (Å²) >= 11 is 0. The van der Waals surface area contributed by atoms with E-state index >= 15 is 0 Å². The van der Waals surface area contributed by atoms with Gasteiger partial charge in [0.05, 0.1) is 0 Å². The molecule has 1 N–H and O–H groups in total. The van der Waals surface area contributed by atoms with Gasteiger partial charge in [0, 0.05) is 33.2 Å². The van der Waals surface area contributed by atoms with Crippen LogP contribution in [0.2, 0.25) is 0 Å². The minimum absolute atomic E-state index is 0.643. The molecule has 6 heteroatoms. The smallest absolute Gasteiger partial charge is 0.281 e. The quantitative estimate of drug-likeness (QED) is 0.772. The van der Waals surface area contributed by atoms with Crippen LogP contribution in [0.5, 0.6) is 0 Å². The van der Waals surface area contributed by atoms with Gasteiger partial charge < -0.3 is 5.32 Å². The fourth-order valence-electron chi connectivity index (χ4n) is 2.20. The molecule has 0 atom stereocenters. The van der Waals surface area contributed by atoms with Gasteiger partial charge in [-0.05, 0) is 38.1 Å². The molecule has 0 unspecified atom stereocenters. The van der Waals surface area contributed by atoms with E-state index in [4.69, 9.17) is 0 Å². The molecular weight excluding hydrogens is 238 g/mol. The van der Waals surface area contributed by atoms with Crippen molar-refractivity contribution in [3.05, 3.63) is 0 Å². The van der Waals surface area contributed by atoms with Crippen molar-refractivity contribution in [3.63, 3.8) is 0 Å². The summed E-state index contributed by atoms with van der Waals surface area (Å²) in [5.74, 6) is 0.643. The lowest BCUT2D eigenvalue weighted by Gasteiger charge is -2.32. The van der Waals surface area contributed by atoms with Crippen LogP contribution in [0, 0.1) is 5.92 Å². The van der Waals surface area contributed by atoms with Crippen molar-refractivity contribution in [2.24, 2.45) is 5.92 Å². The predicted octanol–water partition coefficient (Wildman–Crippen LogP) is 0.257. The molecule has 5 nitrogen and oxygen atoms in total. The third-order valence-corrected chi connectivity index (χ3v) is 5.57. The monoisotopic (exact) mass is 261 g/mol. The van der Waals surface area contributed by atoms with Crippen molar-refractivity contribution in [1.29, 1.82) is 0 Å². The van der Waals surface area contributed by atoms with Gasteiger partial charge in [-0.3, -0.25) is 0 Å². The van der Waals surface area contributed by atoms with E-state index in [2.05, 4.69) is 5.32 Å². The summed E-state index contributed by atoms with van der Waals surface area (Å²) in [6, 6.07) is 0.749. The molecule has 0 aromatic heterocycles. The van der Waals surface area contributed by atoms with Gasteiger partial charge in [-0.2, -0.15) is 17.0 Å². The second-order valence-corrected chi connectivity index (χ2v) is 7.46. The Hall–Kier alpha value is -0.170. The van der Waals surface area contributed by atoms with Crippen LogP contribution in [0.15, 0.2) is 0 Å². The van der Waals surface area contributed by atoms with E-state index in [9.17, 15) is 8.42 Å². The van der Waals surface area contributed by atoms with Gasteiger partial charge in [-0.25, -0.2) is 0 Å². The van der Waals surface area contributed by atoms with Crippen molar-refractivity contribution >= 4 is 10.2 Å². The highest BCUT2D eigenvalue weighted by atomic mass is 32.2. The van der Waals surface area contributed by atoms with Crippen LogP contribution < -0.4 is 5.32 Å². The van der Waals surface area contributed by atoms with Crippen LogP contribution in [0.1, 0.15) is 25.7 Å². The lowest BCUT2D eigenvalue weighted by Crippen LogP contribution is -2.45. The first kappa shape index (κ1) is 13.3. The van der Waals surface area contributed by atoms with Gasteiger partial charge in [0.15, 0.2) is 0 Å². The summed E-state index contributed by atoms with van der Waals surface area (Å²) in [5, 5.41) is 3.52. The number of nitrogens with one attached hydrogen (secondary N) is 1. The van der Waals surface area contributed by atoms with Gasteiger partial charge in [0.2, 0.25) is 0 Å². The lowest BCUT2D eigenvalue weighted by atomic mass is 9.98. The first-order valence-corrected chi connectivity index (χ1v) is 7.81. The van der Waals surface area contributed by atoms with Crippen LogP contribution in [-0.2, 0) is 10.2 Å². The number of hydrogen-bond donors (Lipinski definition) is 1. The van der Waals surface area contributed by atoms with E-state index in [-0.39, 0.29) is 0 Å². The second kappa shape index (κ2) is 5.22. The molecule has 0 aromatic rings. The van der Waals surface area contributed by atoms with E-state index in [1.165, 1.54) is 17.1 Å². The zero-order valence-electron chi connectivity index (χ0n) is 10.7. The molecule has 2 fully saturated rings. The van der Waals surface area contributed by atoms with E-state index in [1.54, 1.807) is 18.4 Å². The standard InChI is InChI=1S/C11H23N3O2S/c1-13(2)17(15,16)14-7-5-10(6-8-14)9-12-11-3-4-11/h10-12H,3-9H2,1-2H3. The van der Waals surface area contributed by atoms with Crippen LogP contribution in [-0.4, -0.2) is 56.8 Å². The van der Waals surface area contributed by atoms with E-state index in [0.29, 0.717) is 19.0 Å². The van der Waals surface area contributed by atoms with Crippen molar-refractivity contribution in [2.75, 3.05) is 33.7 Å². The van der Waals surface area contributed by atoms with Gasteiger partial charge >= 0.3 is 0 Å². The SMILES string of the molecule is CN(C)S(=O)(=O)N1CCC(CNC2CC2)CC1.